The van der Waals surface area contributed by atoms with Gasteiger partial charge in [0.2, 0.25) is 11.8 Å². The smallest absolute Gasteiger partial charge is 0.322 e. The number of methoxy groups -OCH3 is 1. The third-order valence-electron chi connectivity index (χ3n) is 8.30. The number of amides is 2. The quantitative estimate of drug-likeness (QED) is 0.0570. The first-order valence-corrected chi connectivity index (χ1v) is 16.5. The molecule has 3 aromatic carbocycles. The van der Waals surface area contributed by atoms with E-state index in [1.54, 1.807) is 42.5 Å². The number of nitrogens with two attached hydrogens (primary N) is 1. The highest BCUT2D eigenvalue weighted by Crippen LogP contribution is 2.48. The molecule has 0 bridgehead atoms. The summed E-state index contributed by atoms with van der Waals surface area (Å²) >= 11 is 6.00. The van der Waals surface area contributed by atoms with Crippen LogP contribution in [0.3, 0.4) is 0 Å². The third kappa shape index (κ3) is 9.21. The highest BCUT2D eigenvalue weighted by molar-refractivity contribution is 6.31. The predicted molar refractivity (Wildman–Crippen MR) is 186 cm³/mol. The summed E-state index contributed by atoms with van der Waals surface area (Å²) in [5.41, 5.74) is 5.74. The molecule has 13 nitrogen and oxygen atoms in total. The van der Waals surface area contributed by atoms with Crippen LogP contribution in [0.2, 0.25) is 5.02 Å². The zero-order valence-electron chi connectivity index (χ0n) is 27.7. The lowest BCUT2D eigenvalue weighted by Gasteiger charge is -2.17. The minimum atomic E-state index is -1.27. The van der Waals surface area contributed by atoms with Crippen molar-refractivity contribution in [2.24, 2.45) is 17.1 Å². The van der Waals surface area contributed by atoms with E-state index in [1.165, 1.54) is 25.4 Å². The number of nitrogens with zero attached hydrogens (tertiary/aromatic N) is 1. The number of fused-ring (bicyclic) bond motifs is 1. The second-order valence-corrected chi connectivity index (χ2v) is 12.5. The summed E-state index contributed by atoms with van der Waals surface area (Å²) in [7, 11) is 1.46. The van der Waals surface area contributed by atoms with Gasteiger partial charge in [-0.2, -0.15) is 0 Å². The summed E-state index contributed by atoms with van der Waals surface area (Å²) in [5, 5.41) is 24.5. The topological polar surface area (TPSA) is 192 Å². The number of anilines is 2. The first-order chi connectivity index (χ1) is 24.6. The van der Waals surface area contributed by atoms with E-state index in [1.807, 2.05) is 0 Å². The maximum atomic E-state index is 15.3. The molecule has 270 valence electrons. The Labute approximate surface area is 297 Å². The van der Waals surface area contributed by atoms with Crippen LogP contribution in [-0.4, -0.2) is 72.6 Å². The lowest BCUT2D eigenvalue weighted by atomic mass is 10.0. The molecule has 5 rings (SSSR count). The van der Waals surface area contributed by atoms with Gasteiger partial charge in [0.1, 0.15) is 17.2 Å². The van der Waals surface area contributed by atoms with Gasteiger partial charge in [0.25, 0.3) is 0 Å². The Kier molecular flexibility index (Phi) is 12.3. The van der Waals surface area contributed by atoms with E-state index in [4.69, 9.17) is 46.5 Å². The number of aliphatic hydroxyl groups is 2. The Hall–Kier alpha value is -5.02. The summed E-state index contributed by atoms with van der Waals surface area (Å²) < 4.78 is 37.7. The predicted octanol–water partition coefficient (Wildman–Crippen LogP) is 4.82. The Morgan fingerprint density at radius 1 is 0.961 bits per heavy atom. The Bertz CT molecular complexity index is 1890. The Morgan fingerprint density at radius 2 is 1.69 bits per heavy atom. The fourth-order valence-corrected chi connectivity index (χ4v) is 5.28. The summed E-state index contributed by atoms with van der Waals surface area (Å²) in [6, 6.07) is 14.5. The molecule has 0 saturated heterocycles. The highest BCUT2D eigenvalue weighted by Gasteiger charge is 2.56. The van der Waals surface area contributed by atoms with Gasteiger partial charge in [-0.25, -0.2) is 4.39 Å². The first kappa shape index (κ1) is 37.2. The van der Waals surface area contributed by atoms with Crippen molar-refractivity contribution in [3.05, 3.63) is 77.7 Å². The number of benzene rings is 3. The zero-order valence-corrected chi connectivity index (χ0v) is 28.5. The number of aliphatic hydroxyl groups excluding tert-OH is 2. The number of halogens is 2. The van der Waals surface area contributed by atoms with Gasteiger partial charge in [0.15, 0.2) is 23.1 Å². The Balaban J connectivity index is 1.19. The second-order valence-electron chi connectivity index (χ2n) is 12.0. The van der Waals surface area contributed by atoms with Crippen LogP contribution in [0.5, 0.6) is 23.0 Å². The Morgan fingerprint density at radius 3 is 2.33 bits per heavy atom. The van der Waals surface area contributed by atoms with Crippen molar-refractivity contribution < 1.29 is 47.9 Å². The molecule has 1 aliphatic rings. The monoisotopic (exact) mass is 724 g/mol. The number of carbonyl (C=O) groups excluding carboxylic acids is 3. The fourth-order valence-electron chi connectivity index (χ4n) is 5.09. The van der Waals surface area contributed by atoms with Gasteiger partial charge in [-0.3, -0.25) is 19.4 Å². The second kappa shape index (κ2) is 16.8. The van der Waals surface area contributed by atoms with Crippen LogP contribution in [0, 0.1) is 17.2 Å². The molecule has 1 atom stereocenters. The molecule has 15 heteroatoms. The maximum absolute atomic E-state index is 15.3. The number of esters is 1. The molecular weight excluding hydrogens is 687 g/mol. The minimum absolute atomic E-state index is 0.113. The summed E-state index contributed by atoms with van der Waals surface area (Å²) in [6.07, 6.45) is 2.87. The van der Waals surface area contributed by atoms with E-state index >= 15 is 4.39 Å². The summed E-state index contributed by atoms with van der Waals surface area (Å²) in [5.74, 6) is -2.06. The lowest BCUT2D eigenvalue weighted by molar-refractivity contribution is -0.147. The van der Waals surface area contributed by atoms with Crippen molar-refractivity contribution in [3.8, 4) is 23.0 Å². The van der Waals surface area contributed by atoms with Gasteiger partial charge < -0.3 is 45.5 Å². The standard InChI is InChI=1S/C36H38ClFN4O9/c1-48-31-16-25-28(17-32(31)49-13-3-6-27(39)33(45)50-20-21(18-43)19-44)40-12-9-29(25)51-30-8-7-24(15-26(30)38)42-35(47)36(10-11-36)34(46)41-23-5-2-4-22(37)14-23/h2,4-5,7-9,12,14-17,21,27,43-44H,3,6,10-11,13,18-20,39H2,1H3,(H,41,46)(H,42,47). The van der Waals surface area contributed by atoms with E-state index < -0.39 is 41.0 Å². The summed E-state index contributed by atoms with van der Waals surface area (Å²) in [6.45, 7) is -0.568. The molecule has 1 aromatic heterocycles. The van der Waals surface area contributed by atoms with Crippen LogP contribution in [0.1, 0.15) is 25.7 Å². The number of hydrogen-bond acceptors (Lipinski definition) is 11. The largest absolute Gasteiger partial charge is 0.493 e. The van der Waals surface area contributed by atoms with Crippen molar-refractivity contribution in [3.63, 3.8) is 0 Å². The zero-order chi connectivity index (χ0) is 36.5. The molecule has 6 N–H and O–H groups in total. The molecule has 1 saturated carbocycles. The van der Waals surface area contributed by atoms with Gasteiger partial charge in [-0.15, -0.1) is 0 Å². The van der Waals surface area contributed by atoms with Crippen molar-refractivity contribution in [2.75, 3.05) is 44.2 Å². The maximum Gasteiger partial charge on any atom is 0.322 e. The molecule has 0 spiro atoms. The molecule has 1 aliphatic carbocycles. The molecule has 0 aliphatic heterocycles. The van der Waals surface area contributed by atoms with E-state index in [-0.39, 0.29) is 50.0 Å². The molecule has 1 heterocycles. The average molecular weight is 725 g/mol. The number of rotatable bonds is 17. The number of pyridine rings is 1. The number of aromatic nitrogens is 1. The van der Waals surface area contributed by atoms with Crippen LogP contribution in [0.25, 0.3) is 10.9 Å². The van der Waals surface area contributed by atoms with E-state index in [2.05, 4.69) is 15.6 Å². The number of hydrogen-bond donors (Lipinski definition) is 5. The first-order valence-electron chi connectivity index (χ1n) is 16.2. The molecule has 2 amide bonds. The van der Waals surface area contributed by atoms with E-state index in [0.29, 0.717) is 52.4 Å². The van der Waals surface area contributed by atoms with Crippen LogP contribution in [-0.2, 0) is 19.1 Å². The van der Waals surface area contributed by atoms with E-state index in [9.17, 15) is 14.4 Å². The normalized spacial score (nSPS) is 13.7. The molecule has 0 radical (unpaired) electrons. The third-order valence-corrected chi connectivity index (χ3v) is 8.53. The van der Waals surface area contributed by atoms with Crippen LogP contribution in [0.15, 0.2) is 66.9 Å². The van der Waals surface area contributed by atoms with Gasteiger partial charge in [0.05, 0.1) is 39.1 Å². The number of nitrogens with one attached hydrogen (secondary N) is 2. The number of carbonyl (C=O) groups is 3. The molecule has 1 unspecified atom stereocenters. The minimum Gasteiger partial charge on any atom is -0.493 e. The van der Waals surface area contributed by atoms with Crippen molar-refractivity contribution in [1.82, 2.24) is 4.98 Å². The van der Waals surface area contributed by atoms with Crippen LogP contribution in [0.4, 0.5) is 15.8 Å². The summed E-state index contributed by atoms with van der Waals surface area (Å²) in [4.78, 5) is 42.5. The highest BCUT2D eigenvalue weighted by atomic mass is 35.5. The lowest BCUT2D eigenvalue weighted by Crippen LogP contribution is -2.35. The van der Waals surface area contributed by atoms with Crippen molar-refractivity contribution >= 4 is 51.7 Å². The van der Waals surface area contributed by atoms with E-state index in [0.717, 1.165) is 6.07 Å². The van der Waals surface area contributed by atoms with Crippen molar-refractivity contribution in [2.45, 2.75) is 31.7 Å². The van der Waals surface area contributed by atoms with Crippen molar-refractivity contribution in [1.29, 1.82) is 0 Å². The van der Waals surface area contributed by atoms with Gasteiger partial charge >= 0.3 is 5.97 Å². The van der Waals surface area contributed by atoms with Gasteiger partial charge in [0, 0.05) is 46.0 Å². The molecule has 51 heavy (non-hydrogen) atoms. The van der Waals surface area contributed by atoms with Gasteiger partial charge in [-0.05, 0) is 68.1 Å². The molecule has 4 aromatic rings. The number of ether oxygens (including phenoxy) is 4. The fraction of sp³-hybridized carbons (Fsp3) is 0.333. The van der Waals surface area contributed by atoms with Gasteiger partial charge in [-0.1, -0.05) is 17.7 Å². The SMILES string of the molecule is COc1cc2c(Oc3ccc(NC(=O)C4(C(=O)Nc5cccc(Cl)c5)CC4)cc3F)ccnc2cc1OCCCC(N)C(=O)OCC(CO)CO. The average Bonchev–Trinajstić information content (AvgIpc) is 3.94. The molecule has 1 fully saturated rings. The van der Waals surface area contributed by atoms with Crippen LogP contribution < -0.4 is 30.6 Å². The van der Waals surface area contributed by atoms with Crippen LogP contribution >= 0.6 is 11.6 Å². The molecular formula is C36H38ClFN4O9.